The maximum absolute atomic E-state index is 10.5. The highest BCUT2D eigenvalue weighted by molar-refractivity contribution is 7.41. The third-order valence-electron chi connectivity index (χ3n) is 1.26. The van der Waals surface area contributed by atoms with Crippen molar-refractivity contribution in [2.45, 2.75) is 6.10 Å². The summed E-state index contributed by atoms with van der Waals surface area (Å²) in [5.74, 6) is -1.31. The molecule has 2 unspecified atom stereocenters. The van der Waals surface area contributed by atoms with E-state index in [0.717, 1.165) is 6.26 Å². The fourth-order valence-corrected chi connectivity index (χ4v) is 1.33. The van der Waals surface area contributed by atoms with Crippen LogP contribution in [0.5, 0.6) is 0 Å². The minimum atomic E-state index is -2.89. The van der Waals surface area contributed by atoms with Crippen molar-refractivity contribution in [3.63, 3.8) is 0 Å². The van der Waals surface area contributed by atoms with Gasteiger partial charge in [0.25, 0.3) is 6.10 Å². The Bertz CT molecular complexity index is 280. The third kappa shape index (κ3) is 1.69. The number of rotatable bonds is 2. The van der Waals surface area contributed by atoms with E-state index in [1.165, 1.54) is 12.2 Å². The number of allylic oxidation sites excluding steroid dienone is 2. The van der Waals surface area contributed by atoms with E-state index in [1.807, 2.05) is 0 Å². The van der Waals surface area contributed by atoms with Gasteiger partial charge in [-0.1, -0.05) is 4.57 Å². The molecule has 0 fully saturated rings. The van der Waals surface area contributed by atoms with Crippen LogP contribution in [0.4, 0.5) is 0 Å². The molecule has 1 aliphatic rings. The molecule has 0 amide bonds. The van der Waals surface area contributed by atoms with Crippen molar-refractivity contribution in [2.24, 2.45) is 0 Å². The van der Waals surface area contributed by atoms with Crippen molar-refractivity contribution in [1.82, 2.24) is 0 Å². The van der Waals surface area contributed by atoms with Gasteiger partial charge in [0.1, 0.15) is 0 Å². The molecule has 12 heavy (non-hydrogen) atoms. The SMILES string of the molecule is O=C(O)C1OC=CC=C1[P+](=O)[O-]. The number of carboxylic acid groups (broad SMARTS) is 1. The first-order chi connectivity index (χ1) is 5.63. The van der Waals surface area contributed by atoms with E-state index in [9.17, 15) is 14.3 Å². The van der Waals surface area contributed by atoms with Crippen LogP contribution >= 0.6 is 8.03 Å². The number of aliphatic carboxylic acids is 1. The first kappa shape index (κ1) is 8.90. The molecule has 6 heteroatoms. The van der Waals surface area contributed by atoms with Gasteiger partial charge in [-0.3, -0.25) is 0 Å². The molecule has 0 aromatic carbocycles. The van der Waals surface area contributed by atoms with Crippen molar-refractivity contribution in [1.29, 1.82) is 0 Å². The molecule has 0 aromatic rings. The lowest BCUT2D eigenvalue weighted by molar-refractivity contribution is -0.164. The van der Waals surface area contributed by atoms with Crippen LogP contribution in [0.1, 0.15) is 0 Å². The van der Waals surface area contributed by atoms with Crippen molar-refractivity contribution in [2.75, 3.05) is 0 Å². The van der Waals surface area contributed by atoms with Crippen LogP contribution < -0.4 is 4.89 Å². The molecule has 0 saturated carbocycles. The molecule has 64 valence electrons. The molecule has 5 nitrogen and oxygen atoms in total. The first-order valence-corrected chi connectivity index (χ1v) is 4.20. The molecule has 1 N–H and O–H groups in total. The van der Waals surface area contributed by atoms with Crippen molar-refractivity contribution in [3.8, 4) is 0 Å². The zero-order valence-electron chi connectivity index (χ0n) is 5.84. The molecular formula is C6H5O5P. The molecule has 0 bridgehead atoms. The van der Waals surface area contributed by atoms with Crippen LogP contribution in [0.25, 0.3) is 0 Å². The van der Waals surface area contributed by atoms with Crippen molar-refractivity contribution in [3.05, 3.63) is 23.7 Å². The van der Waals surface area contributed by atoms with E-state index in [1.54, 1.807) is 0 Å². The summed E-state index contributed by atoms with van der Waals surface area (Å²) < 4.78 is 15.0. The monoisotopic (exact) mass is 188 g/mol. The van der Waals surface area contributed by atoms with E-state index in [4.69, 9.17) is 5.11 Å². The average Bonchev–Trinajstić information content (AvgIpc) is 2.04. The fourth-order valence-electron chi connectivity index (χ4n) is 0.760. The maximum Gasteiger partial charge on any atom is 0.353 e. The number of hydrogen-bond donors (Lipinski definition) is 1. The van der Waals surface area contributed by atoms with E-state index in [-0.39, 0.29) is 5.31 Å². The molecule has 0 aliphatic carbocycles. The molecule has 0 spiro atoms. The zero-order chi connectivity index (χ0) is 9.14. The summed E-state index contributed by atoms with van der Waals surface area (Å²) in [5.41, 5.74) is 0. The predicted octanol–water partition coefficient (Wildman–Crippen LogP) is -0.0299. The number of carbonyl (C=O) groups is 1. The Labute approximate surface area is 68.8 Å². The van der Waals surface area contributed by atoms with Gasteiger partial charge < -0.3 is 14.7 Å². The lowest BCUT2D eigenvalue weighted by atomic mass is 10.3. The quantitative estimate of drug-likeness (QED) is 0.615. The Morgan fingerprint density at radius 1 is 1.75 bits per heavy atom. The van der Waals surface area contributed by atoms with Gasteiger partial charge in [-0.05, 0) is 12.2 Å². The van der Waals surface area contributed by atoms with E-state index >= 15 is 0 Å². The van der Waals surface area contributed by atoms with E-state index in [2.05, 4.69) is 4.74 Å². The molecule has 1 aliphatic heterocycles. The lowest BCUT2D eigenvalue weighted by Crippen LogP contribution is -2.25. The Balaban J connectivity index is 2.91. The van der Waals surface area contributed by atoms with Gasteiger partial charge in [0.2, 0.25) is 5.31 Å². The van der Waals surface area contributed by atoms with Gasteiger partial charge in [0.05, 0.1) is 6.26 Å². The Morgan fingerprint density at radius 3 is 2.83 bits per heavy atom. The van der Waals surface area contributed by atoms with Crippen LogP contribution in [-0.2, 0) is 14.1 Å². The van der Waals surface area contributed by atoms with E-state index < -0.39 is 20.1 Å². The van der Waals surface area contributed by atoms with Crippen LogP contribution in [0.3, 0.4) is 0 Å². The van der Waals surface area contributed by atoms with Gasteiger partial charge in [-0.25, -0.2) is 4.79 Å². The molecule has 0 saturated heterocycles. The Morgan fingerprint density at radius 2 is 2.42 bits per heavy atom. The Hall–Kier alpha value is -1.19. The zero-order valence-corrected chi connectivity index (χ0v) is 6.73. The van der Waals surface area contributed by atoms with Crippen molar-refractivity contribution < 1.29 is 24.1 Å². The summed E-state index contributed by atoms with van der Waals surface area (Å²) >= 11 is 0. The largest absolute Gasteiger partial charge is 0.591 e. The van der Waals surface area contributed by atoms with Gasteiger partial charge in [-0.15, -0.1) is 0 Å². The molecule has 1 rings (SSSR count). The summed E-state index contributed by atoms with van der Waals surface area (Å²) in [6.45, 7) is 0. The van der Waals surface area contributed by atoms with Gasteiger partial charge in [-0.2, -0.15) is 0 Å². The number of hydrogen-bond acceptors (Lipinski definition) is 4. The Kier molecular flexibility index (Phi) is 2.58. The second-order valence-electron chi connectivity index (χ2n) is 2.03. The summed E-state index contributed by atoms with van der Waals surface area (Å²) in [6.07, 6.45) is 2.28. The summed E-state index contributed by atoms with van der Waals surface area (Å²) in [4.78, 5) is 20.9. The molecular weight excluding hydrogens is 183 g/mol. The van der Waals surface area contributed by atoms with Crippen molar-refractivity contribution >= 4 is 14.0 Å². The normalized spacial score (nSPS) is 22.6. The maximum atomic E-state index is 10.5. The minimum Gasteiger partial charge on any atom is -0.591 e. The second kappa shape index (κ2) is 3.47. The van der Waals surface area contributed by atoms with Crippen LogP contribution in [-0.4, -0.2) is 17.2 Å². The summed E-state index contributed by atoms with van der Waals surface area (Å²) in [7, 11) is -2.89. The molecule has 0 radical (unpaired) electrons. The molecule has 1 heterocycles. The fraction of sp³-hybridized carbons (Fsp3) is 0.167. The number of ether oxygens (including phenoxy) is 1. The summed E-state index contributed by atoms with van der Waals surface area (Å²) in [5, 5.41) is 8.25. The highest BCUT2D eigenvalue weighted by atomic mass is 31.1. The van der Waals surface area contributed by atoms with E-state index in [0.29, 0.717) is 0 Å². The van der Waals surface area contributed by atoms with Crippen LogP contribution in [0, 0.1) is 0 Å². The first-order valence-electron chi connectivity index (χ1n) is 3.02. The summed E-state index contributed by atoms with van der Waals surface area (Å²) in [6, 6.07) is 0. The van der Waals surface area contributed by atoms with Gasteiger partial charge >= 0.3 is 14.0 Å². The van der Waals surface area contributed by atoms with Crippen LogP contribution in [0.15, 0.2) is 23.7 Å². The standard InChI is InChI=1S/C6H5O5P/c7-6(8)5-4(12(9)10)2-1-3-11-5/h1-3,5H,(H,7,8). The third-order valence-corrected chi connectivity index (χ3v) is 2.07. The smallest absolute Gasteiger partial charge is 0.353 e. The lowest BCUT2D eigenvalue weighted by Gasteiger charge is -2.11. The topological polar surface area (TPSA) is 86.7 Å². The molecule has 0 aromatic heterocycles. The average molecular weight is 188 g/mol. The van der Waals surface area contributed by atoms with Crippen LogP contribution in [0.2, 0.25) is 0 Å². The van der Waals surface area contributed by atoms with Gasteiger partial charge in [0.15, 0.2) is 0 Å². The number of carboxylic acids is 1. The highest BCUT2D eigenvalue weighted by Gasteiger charge is 2.33. The predicted molar refractivity (Wildman–Crippen MR) is 37.3 cm³/mol. The minimum absolute atomic E-state index is 0.236. The molecule has 2 atom stereocenters. The second-order valence-corrected chi connectivity index (χ2v) is 3.06. The van der Waals surface area contributed by atoms with Gasteiger partial charge in [0, 0.05) is 0 Å². The highest BCUT2D eigenvalue weighted by Crippen LogP contribution is 2.30.